The number of nitrogens with zero attached hydrogens (tertiary/aromatic N) is 2. The van der Waals surface area contributed by atoms with Gasteiger partial charge in [0.2, 0.25) is 0 Å². The fourth-order valence-corrected chi connectivity index (χ4v) is 2.09. The van der Waals surface area contributed by atoms with Gasteiger partial charge in [0.15, 0.2) is 0 Å². The number of amides is 1. The first-order valence-electron chi connectivity index (χ1n) is 6.64. The number of carbonyl (C=O) groups is 1. The number of hydrogen-bond acceptors (Lipinski definition) is 6. The van der Waals surface area contributed by atoms with E-state index in [1.54, 1.807) is 24.5 Å². The number of nitrogens with one attached hydrogen (secondary N) is 3. The highest BCUT2D eigenvalue weighted by molar-refractivity contribution is 5.92. The fraction of sp³-hybridized carbons (Fsp3) is 0.214. The molecule has 0 spiro atoms. The van der Waals surface area contributed by atoms with E-state index in [1.165, 1.54) is 0 Å². The molecule has 5 N–H and O–H groups in total. The minimum Gasteiger partial charge on any atom is -0.384 e. The first-order chi connectivity index (χ1) is 10.2. The average Bonchev–Trinajstić information content (AvgIpc) is 2.53. The first-order valence-corrected chi connectivity index (χ1v) is 6.64. The van der Waals surface area contributed by atoms with Gasteiger partial charge in [0.1, 0.15) is 11.5 Å². The number of nitrogens with two attached hydrogens (primary N) is 1. The molecule has 0 unspecified atom stereocenters. The Kier molecular flexibility index (Phi) is 3.65. The number of carbonyl (C=O) groups excluding carboxylic acids is 1. The van der Waals surface area contributed by atoms with Crippen LogP contribution in [-0.4, -0.2) is 22.5 Å². The lowest BCUT2D eigenvalue weighted by molar-refractivity contribution is 0.0946. The summed E-state index contributed by atoms with van der Waals surface area (Å²) < 4.78 is 0. The Morgan fingerprint density at radius 2 is 2.24 bits per heavy atom. The third kappa shape index (κ3) is 3.09. The van der Waals surface area contributed by atoms with Crippen LogP contribution in [0.3, 0.4) is 0 Å². The van der Waals surface area contributed by atoms with Gasteiger partial charge >= 0.3 is 0 Å². The molecule has 7 nitrogen and oxygen atoms in total. The van der Waals surface area contributed by atoms with Gasteiger partial charge in [-0.05, 0) is 23.3 Å². The van der Waals surface area contributed by atoms with Crippen molar-refractivity contribution >= 4 is 17.4 Å². The topological polar surface area (TPSA) is 105 Å². The molecular weight excluding hydrogens is 268 g/mol. The summed E-state index contributed by atoms with van der Waals surface area (Å²) in [5, 5.41) is 9.16. The summed E-state index contributed by atoms with van der Waals surface area (Å²) in [6, 6.07) is 5.33. The monoisotopic (exact) mass is 284 g/mol. The molecule has 0 bridgehead atoms. The highest BCUT2D eigenvalue weighted by Gasteiger charge is 2.13. The summed E-state index contributed by atoms with van der Waals surface area (Å²) in [5.41, 5.74) is 8.81. The zero-order valence-corrected chi connectivity index (χ0v) is 11.4. The van der Waals surface area contributed by atoms with Gasteiger partial charge in [-0.1, -0.05) is 6.07 Å². The summed E-state index contributed by atoms with van der Waals surface area (Å²) in [5.74, 6) is 0.252. The molecule has 3 rings (SSSR count). The van der Waals surface area contributed by atoms with Crippen molar-refractivity contribution in [3.8, 4) is 0 Å². The van der Waals surface area contributed by atoms with E-state index in [0.717, 1.165) is 23.4 Å². The zero-order chi connectivity index (χ0) is 14.7. The molecule has 1 amide bonds. The first kappa shape index (κ1) is 13.3. The Balaban J connectivity index is 1.66. The van der Waals surface area contributed by atoms with Crippen molar-refractivity contribution in [2.75, 3.05) is 17.7 Å². The van der Waals surface area contributed by atoms with Gasteiger partial charge in [-0.3, -0.25) is 10.1 Å². The maximum atomic E-state index is 12.1. The van der Waals surface area contributed by atoms with E-state index in [-0.39, 0.29) is 5.91 Å². The second kappa shape index (κ2) is 5.76. The fourth-order valence-electron chi connectivity index (χ4n) is 2.09. The van der Waals surface area contributed by atoms with Crippen LogP contribution in [0, 0.1) is 0 Å². The molecule has 1 aliphatic rings. The average molecular weight is 284 g/mol. The van der Waals surface area contributed by atoms with Crippen molar-refractivity contribution < 1.29 is 4.79 Å². The maximum Gasteiger partial charge on any atom is 0.270 e. The van der Waals surface area contributed by atoms with Crippen LogP contribution >= 0.6 is 0 Å². The second-order valence-electron chi connectivity index (χ2n) is 4.78. The van der Waals surface area contributed by atoms with Crippen molar-refractivity contribution in [2.24, 2.45) is 0 Å². The Labute approximate surface area is 122 Å². The van der Waals surface area contributed by atoms with Crippen molar-refractivity contribution in [3.63, 3.8) is 0 Å². The molecule has 0 radical (unpaired) electrons. The Morgan fingerprint density at radius 3 is 3.05 bits per heavy atom. The molecule has 1 aliphatic heterocycles. The van der Waals surface area contributed by atoms with E-state index in [9.17, 15) is 4.79 Å². The summed E-state index contributed by atoms with van der Waals surface area (Å²) in [6.45, 7) is 1.83. The van der Waals surface area contributed by atoms with E-state index in [4.69, 9.17) is 5.73 Å². The lowest BCUT2D eigenvalue weighted by Crippen LogP contribution is -2.29. The number of anilines is 2. The number of aromatic nitrogens is 2. The Bertz CT molecular complexity index is 655. The molecule has 7 heteroatoms. The number of fused-ring (bicyclic) bond motifs is 1. The zero-order valence-electron chi connectivity index (χ0n) is 11.4. The third-order valence-corrected chi connectivity index (χ3v) is 3.24. The van der Waals surface area contributed by atoms with E-state index in [1.807, 2.05) is 6.07 Å². The van der Waals surface area contributed by atoms with E-state index >= 15 is 0 Å². The quantitative estimate of drug-likeness (QED) is 0.652. The standard InChI is InChI=1S/C14H16N6O/c15-13-2-1-9(4-18-13)5-19-14(21)11-3-10-6-16-8-20-12(10)7-17-11/h1-4,7,16,20H,5-6,8H2,(H2,15,18)(H,19,21). The highest BCUT2D eigenvalue weighted by atomic mass is 16.1. The van der Waals surface area contributed by atoms with Crippen LogP contribution in [0.15, 0.2) is 30.6 Å². The van der Waals surface area contributed by atoms with Crippen molar-refractivity contribution in [2.45, 2.75) is 13.1 Å². The summed E-state index contributed by atoms with van der Waals surface area (Å²) in [7, 11) is 0. The van der Waals surface area contributed by atoms with Gasteiger partial charge in [-0.25, -0.2) is 9.97 Å². The van der Waals surface area contributed by atoms with Crippen LogP contribution in [0.5, 0.6) is 0 Å². The van der Waals surface area contributed by atoms with Gasteiger partial charge in [-0.15, -0.1) is 0 Å². The van der Waals surface area contributed by atoms with Gasteiger partial charge in [0.05, 0.1) is 18.6 Å². The SMILES string of the molecule is Nc1ccc(CNC(=O)c2cc3c(cn2)NCNC3)cn1. The van der Waals surface area contributed by atoms with Crippen molar-refractivity contribution in [3.05, 3.63) is 47.4 Å². The molecule has 0 aromatic carbocycles. The van der Waals surface area contributed by atoms with Crippen molar-refractivity contribution in [1.29, 1.82) is 0 Å². The van der Waals surface area contributed by atoms with Gasteiger partial charge in [-0.2, -0.15) is 0 Å². The summed E-state index contributed by atoms with van der Waals surface area (Å²) in [4.78, 5) is 20.3. The van der Waals surface area contributed by atoms with Crippen LogP contribution in [-0.2, 0) is 13.1 Å². The predicted octanol–water partition coefficient (Wildman–Crippen LogP) is 0.461. The summed E-state index contributed by atoms with van der Waals surface area (Å²) in [6.07, 6.45) is 3.33. The number of hydrogen-bond donors (Lipinski definition) is 4. The molecular formula is C14H16N6O. The molecule has 0 aliphatic carbocycles. The molecule has 0 atom stereocenters. The van der Waals surface area contributed by atoms with Crippen LogP contribution in [0.1, 0.15) is 21.6 Å². The molecule has 2 aromatic rings. The van der Waals surface area contributed by atoms with E-state index in [0.29, 0.717) is 24.7 Å². The van der Waals surface area contributed by atoms with Gasteiger partial charge in [0.25, 0.3) is 5.91 Å². The minimum absolute atomic E-state index is 0.208. The van der Waals surface area contributed by atoms with E-state index < -0.39 is 0 Å². The van der Waals surface area contributed by atoms with E-state index in [2.05, 4.69) is 25.9 Å². The molecule has 108 valence electrons. The predicted molar refractivity (Wildman–Crippen MR) is 79.4 cm³/mol. The van der Waals surface area contributed by atoms with Crippen LogP contribution < -0.4 is 21.7 Å². The number of nitrogen functional groups attached to an aromatic ring is 1. The largest absolute Gasteiger partial charge is 0.384 e. The van der Waals surface area contributed by atoms with Gasteiger partial charge < -0.3 is 16.4 Å². The summed E-state index contributed by atoms with van der Waals surface area (Å²) >= 11 is 0. The molecule has 0 fully saturated rings. The lowest BCUT2D eigenvalue weighted by Gasteiger charge is -2.19. The third-order valence-electron chi connectivity index (χ3n) is 3.24. The second-order valence-corrected chi connectivity index (χ2v) is 4.78. The number of pyridine rings is 2. The lowest BCUT2D eigenvalue weighted by atomic mass is 10.1. The number of rotatable bonds is 3. The normalized spacial score (nSPS) is 13.1. The molecule has 0 saturated heterocycles. The smallest absolute Gasteiger partial charge is 0.270 e. The maximum absolute atomic E-state index is 12.1. The molecule has 21 heavy (non-hydrogen) atoms. The van der Waals surface area contributed by atoms with Crippen LogP contribution in [0.25, 0.3) is 0 Å². The van der Waals surface area contributed by atoms with Crippen LogP contribution in [0.2, 0.25) is 0 Å². The molecule has 3 heterocycles. The Hall–Kier alpha value is -2.67. The van der Waals surface area contributed by atoms with Crippen molar-refractivity contribution in [1.82, 2.24) is 20.6 Å². The highest BCUT2D eigenvalue weighted by Crippen LogP contribution is 2.17. The van der Waals surface area contributed by atoms with Crippen LogP contribution in [0.4, 0.5) is 11.5 Å². The Morgan fingerprint density at radius 1 is 1.33 bits per heavy atom. The molecule has 2 aromatic heterocycles. The van der Waals surface area contributed by atoms with Gasteiger partial charge in [0, 0.05) is 19.3 Å². The molecule has 0 saturated carbocycles. The minimum atomic E-state index is -0.208.